The van der Waals surface area contributed by atoms with Crippen LogP contribution in [0.1, 0.15) is 19.3 Å². The fourth-order valence-electron chi connectivity index (χ4n) is 2.24. The first-order valence-electron chi connectivity index (χ1n) is 7.10. The predicted molar refractivity (Wildman–Crippen MR) is 75.1 cm³/mol. The van der Waals surface area contributed by atoms with Gasteiger partial charge in [0.1, 0.15) is 11.6 Å². The molecule has 0 radical (unpaired) electrons. The lowest BCUT2D eigenvalue weighted by Gasteiger charge is -2.22. The molecule has 20 heavy (non-hydrogen) atoms. The summed E-state index contributed by atoms with van der Waals surface area (Å²) in [6.07, 6.45) is 2.66. The Morgan fingerprint density at radius 2 is 2.20 bits per heavy atom. The van der Waals surface area contributed by atoms with Gasteiger partial charge in [-0.25, -0.2) is 4.39 Å². The van der Waals surface area contributed by atoms with E-state index < -0.39 is 0 Å². The summed E-state index contributed by atoms with van der Waals surface area (Å²) in [5, 5.41) is 6.25. The second-order valence-electron chi connectivity index (χ2n) is 5.07. The molecule has 1 atom stereocenters. The van der Waals surface area contributed by atoms with Crippen molar-refractivity contribution < 1.29 is 13.9 Å². The van der Waals surface area contributed by atoms with E-state index in [9.17, 15) is 9.18 Å². The van der Waals surface area contributed by atoms with Gasteiger partial charge in [-0.1, -0.05) is 0 Å². The van der Waals surface area contributed by atoms with E-state index in [1.54, 1.807) is 12.1 Å². The summed E-state index contributed by atoms with van der Waals surface area (Å²) >= 11 is 0. The second kappa shape index (κ2) is 7.85. The number of halogens is 1. The summed E-state index contributed by atoms with van der Waals surface area (Å²) in [5.74, 6) is 0.815. The monoisotopic (exact) mass is 280 g/mol. The van der Waals surface area contributed by atoms with Gasteiger partial charge >= 0.3 is 0 Å². The molecule has 1 aromatic rings. The van der Waals surface area contributed by atoms with Gasteiger partial charge < -0.3 is 15.4 Å². The number of ether oxygens (including phenoxy) is 1. The third kappa shape index (κ3) is 5.17. The number of rotatable bonds is 6. The molecular formula is C15H21FN2O2. The molecule has 1 aliphatic heterocycles. The van der Waals surface area contributed by atoms with Crippen LogP contribution in [0.2, 0.25) is 0 Å². The first kappa shape index (κ1) is 14.8. The Bertz CT molecular complexity index is 416. The Morgan fingerprint density at radius 1 is 1.40 bits per heavy atom. The highest BCUT2D eigenvalue weighted by Gasteiger charge is 2.13. The summed E-state index contributed by atoms with van der Waals surface area (Å²) in [7, 11) is 0. The molecule has 0 saturated carbocycles. The minimum absolute atomic E-state index is 0.00214. The fourth-order valence-corrected chi connectivity index (χ4v) is 2.24. The number of hydrogen-bond acceptors (Lipinski definition) is 3. The van der Waals surface area contributed by atoms with E-state index in [0.717, 1.165) is 19.6 Å². The van der Waals surface area contributed by atoms with E-state index in [4.69, 9.17) is 4.74 Å². The lowest BCUT2D eigenvalue weighted by Crippen LogP contribution is -2.38. The van der Waals surface area contributed by atoms with Gasteiger partial charge in [-0.15, -0.1) is 0 Å². The summed E-state index contributed by atoms with van der Waals surface area (Å²) in [6.45, 7) is 3.09. The van der Waals surface area contributed by atoms with E-state index >= 15 is 0 Å². The van der Waals surface area contributed by atoms with Gasteiger partial charge in [-0.05, 0) is 56.1 Å². The molecule has 1 fully saturated rings. The van der Waals surface area contributed by atoms with Crippen LogP contribution in [0, 0.1) is 11.7 Å². The Morgan fingerprint density at radius 3 is 2.90 bits per heavy atom. The number of benzene rings is 1. The minimum atomic E-state index is -0.295. The van der Waals surface area contributed by atoms with Crippen LogP contribution < -0.4 is 15.4 Å². The molecule has 1 unspecified atom stereocenters. The Hall–Kier alpha value is -1.62. The molecule has 5 heteroatoms. The SMILES string of the molecule is O=C(CCOc1ccc(F)cc1)NCC1CCCNC1. The molecule has 4 nitrogen and oxygen atoms in total. The normalized spacial score (nSPS) is 18.6. The second-order valence-corrected chi connectivity index (χ2v) is 5.07. The molecule has 2 N–H and O–H groups in total. The molecule has 2 rings (SSSR count). The van der Waals surface area contributed by atoms with Gasteiger partial charge in [0.05, 0.1) is 13.0 Å². The minimum Gasteiger partial charge on any atom is -0.493 e. The van der Waals surface area contributed by atoms with Gasteiger partial charge in [0, 0.05) is 6.54 Å². The van der Waals surface area contributed by atoms with E-state index in [-0.39, 0.29) is 11.7 Å². The average Bonchev–Trinajstić information content (AvgIpc) is 2.48. The maximum absolute atomic E-state index is 12.7. The largest absolute Gasteiger partial charge is 0.493 e. The highest BCUT2D eigenvalue weighted by Crippen LogP contribution is 2.11. The van der Waals surface area contributed by atoms with Crippen LogP contribution in [0.3, 0.4) is 0 Å². The van der Waals surface area contributed by atoms with E-state index in [1.165, 1.54) is 25.0 Å². The van der Waals surface area contributed by atoms with Crippen molar-refractivity contribution in [2.75, 3.05) is 26.2 Å². The molecule has 1 aliphatic rings. The number of hydrogen-bond donors (Lipinski definition) is 2. The topological polar surface area (TPSA) is 50.4 Å². The van der Waals surface area contributed by atoms with Crippen molar-refractivity contribution in [3.05, 3.63) is 30.1 Å². The quantitative estimate of drug-likeness (QED) is 0.834. The van der Waals surface area contributed by atoms with Crippen LogP contribution in [0.25, 0.3) is 0 Å². The molecule has 1 amide bonds. The number of piperidine rings is 1. The zero-order valence-electron chi connectivity index (χ0n) is 11.5. The molecule has 0 aliphatic carbocycles. The molecular weight excluding hydrogens is 259 g/mol. The number of nitrogens with one attached hydrogen (secondary N) is 2. The zero-order valence-corrected chi connectivity index (χ0v) is 11.5. The molecule has 0 spiro atoms. The smallest absolute Gasteiger partial charge is 0.223 e. The summed E-state index contributed by atoms with van der Waals surface area (Å²) in [6, 6.07) is 5.79. The van der Waals surface area contributed by atoms with E-state index in [0.29, 0.717) is 24.7 Å². The number of carbonyl (C=O) groups excluding carboxylic acids is 1. The van der Waals surface area contributed by atoms with Crippen molar-refractivity contribution in [2.24, 2.45) is 5.92 Å². The lowest BCUT2D eigenvalue weighted by atomic mass is 10.00. The van der Waals surface area contributed by atoms with E-state index in [2.05, 4.69) is 10.6 Å². The highest BCUT2D eigenvalue weighted by atomic mass is 19.1. The Labute approximate surface area is 118 Å². The van der Waals surface area contributed by atoms with Crippen LogP contribution in [0.5, 0.6) is 5.75 Å². The lowest BCUT2D eigenvalue weighted by molar-refractivity contribution is -0.121. The van der Waals surface area contributed by atoms with Gasteiger partial charge in [0.2, 0.25) is 5.91 Å². The first-order chi connectivity index (χ1) is 9.74. The number of amides is 1. The average molecular weight is 280 g/mol. The third-order valence-electron chi connectivity index (χ3n) is 3.40. The van der Waals surface area contributed by atoms with Crippen LogP contribution in [0.15, 0.2) is 24.3 Å². The van der Waals surface area contributed by atoms with Crippen LogP contribution in [-0.4, -0.2) is 32.1 Å². The van der Waals surface area contributed by atoms with Gasteiger partial charge in [0.25, 0.3) is 0 Å². The zero-order chi connectivity index (χ0) is 14.2. The molecule has 1 heterocycles. The van der Waals surface area contributed by atoms with Crippen LogP contribution >= 0.6 is 0 Å². The van der Waals surface area contributed by atoms with Crippen molar-refractivity contribution in [3.63, 3.8) is 0 Å². The summed E-state index contributed by atoms with van der Waals surface area (Å²) in [4.78, 5) is 11.7. The molecule has 110 valence electrons. The fraction of sp³-hybridized carbons (Fsp3) is 0.533. The van der Waals surface area contributed by atoms with Crippen LogP contribution in [0.4, 0.5) is 4.39 Å². The number of carbonyl (C=O) groups is 1. The van der Waals surface area contributed by atoms with Gasteiger partial charge in [-0.2, -0.15) is 0 Å². The van der Waals surface area contributed by atoms with Crippen LogP contribution in [-0.2, 0) is 4.79 Å². The highest BCUT2D eigenvalue weighted by molar-refractivity contribution is 5.75. The molecule has 0 bridgehead atoms. The van der Waals surface area contributed by atoms with Crippen molar-refractivity contribution in [3.8, 4) is 5.75 Å². The summed E-state index contributed by atoms with van der Waals surface area (Å²) in [5.41, 5.74) is 0. The summed E-state index contributed by atoms with van der Waals surface area (Å²) < 4.78 is 18.1. The van der Waals surface area contributed by atoms with E-state index in [1.807, 2.05) is 0 Å². The predicted octanol–water partition coefficient (Wildman–Crippen LogP) is 1.71. The molecule has 0 aromatic heterocycles. The molecule has 1 aromatic carbocycles. The Kier molecular flexibility index (Phi) is 5.80. The standard InChI is InChI=1S/C15H21FN2O2/c16-13-3-5-14(6-4-13)20-9-7-15(19)18-11-12-2-1-8-17-10-12/h3-6,12,17H,1-2,7-11H2,(H,18,19). The third-order valence-corrected chi connectivity index (χ3v) is 3.40. The van der Waals surface area contributed by atoms with Gasteiger partial charge in [-0.3, -0.25) is 4.79 Å². The van der Waals surface area contributed by atoms with Crippen molar-refractivity contribution in [2.45, 2.75) is 19.3 Å². The van der Waals surface area contributed by atoms with Crippen molar-refractivity contribution >= 4 is 5.91 Å². The maximum atomic E-state index is 12.7. The Balaban J connectivity index is 1.58. The maximum Gasteiger partial charge on any atom is 0.223 e. The first-order valence-corrected chi connectivity index (χ1v) is 7.10. The van der Waals surface area contributed by atoms with Crippen molar-refractivity contribution in [1.29, 1.82) is 0 Å². The molecule has 1 saturated heterocycles. The van der Waals surface area contributed by atoms with Gasteiger partial charge in [0.15, 0.2) is 0 Å². The van der Waals surface area contributed by atoms with Crippen molar-refractivity contribution in [1.82, 2.24) is 10.6 Å².